The van der Waals surface area contributed by atoms with Gasteiger partial charge in [-0.1, -0.05) is 24.3 Å². The molecule has 2 N–H and O–H groups in total. The molecule has 3 rings (SSSR count). The van der Waals surface area contributed by atoms with Gasteiger partial charge in [0, 0.05) is 27.1 Å². The number of aromatic nitrogens is 1. The normalized spacial score (nSPS) is 10.4. The van der Waals surface area contributed by atoms with E-state index in [0.29, 0.717) is 10.8 Å². The van der Waals surface area contributed by atoms with Crippen LogP contribution in [-0.2, 0) is 16.0 Å². The topological polar surface area (TPSA) is 71.1 Å². The first-order valence-corrected chi connectivity index (χ1v) is 9.83. The quantitative estimate of drug-likeness (QED) is 0.530. The van der Waals surface area contributed by atoms with Gasteiger partial charge in [-0.3, -0.25) is 9.59 Å². The Kier molecular flexibility index (Phi) is 6.00. The first-order valence-electron chi connectivity index (χ1n) is 7.87. The number of hydrogen-bond acceptors (Lipinski definition) is 4. The predicted molar refractivity (Wildman–Crippen MR) is 113 cm³/mol. The molecule has 0 saturated heterocycles. The average Bonchev–Trinajstić information content (AvgIpc) is 3.05. The predicted octanol–water partition coefficient (Wildman–Crippen LogP) is 4.55. The Bertz CT molecular complexity index is 921. The van der Waals surface area contributed by atoms with E-state index >= 15 is 0 Å². The van der Waals surface area contributed by atoms with Gasteiger partial charge in [0.25, 0.3) is 0 Å². The van der Waals surface area contributed by atoms with Crippen molar-refractivity contribution in [3.63, 3.8) is 0 Å². The SMILES string of the molecule is CC(=O)Nc1ccc(CC(=O)Nc2nc(-c3ccc(I)cc3)cs2)cc1. The highest BCUT2D eigenvalue weighted by atomic mass is 127. The van der Waals surface area contributed by atoms with Gasteiger partial charge in [-0.25, -0.2) is 4.98 Å². The molecule has 0 aliphatic rings. The minimum Gasteiger partial charge on any atom is -0.326 e. The van der Waals surface area contributed by atoms with Crippen LogP contribution in [-0.4, -0.2) is 16.8 Å². The molecule has 0 unspecified atom stereocenters. The van der Waals surface area contributed by atoms with E-state index in [1.807, 2.05) is 41.8 Å². The van der Waals surface area contributed by atoms with Crippen molar-refractivity contribution in [2.45, 2.75) is 13.3 Å². The zero-order chi connectivity index (χ0) is 18.5. The van der Waals surface area contributed by atoms with E-state index in [1.165, 1.54) is 21.8 Å². The molecule has 0 bridgehead atoms. The van der Waals surface area contributed by atoms with Gasteiger partial charge in [-0.05, 0) is 52.4 Å². The van der Waals surface area contributed by atoms with Gasteiger partial charge >= 0.3 is 0 Å². The average molecular weight is 477 g/mol. The fourth-order valence-electron chi connectivity index (χ4n) is 2.34. The second-order valence-corrected chi connectivity index (χ2v) is 7.75. The van der Waals surface area contributed by atoms with Crippen LogP contribution in [0.1, 0.15) is 12.5 Å². The second kappa shape index (κ2) is 8.41. The fourth-order valence-corrected chi connectivity index (χ4v) is 3.44. The van der Waals surface area contributed by atoms with Crippen LogP contribution in [0.2, 0.25) is 0 Å². The number of benzene rings is 2. The van der Waals surface area contributed by atoms with Gasteiger partial charge in [0.1, 0.15) is 0 Å². The fraction of sp³-hybridized carbons (Fsp3) is 0.105. The Morgan fingerprint density at radius 3 is 2.38 bits per heavy atom. The lowest BCUT2D eigenvalue weighted by Crippen LogP contribution is -2.14. The molecule has 0 aliphatic heterocycles. The number of anilines is 2. The third-order valence-corrected chi connectivity index (χ3v) is 5.01. The standard InChI is InChI=1S/C19H16IN3O2S/c1-12(24)21-16-8-2-13(3-9-16)10-18(25)23-19-22-17(11-26-19)14-4-6-15(20)7-5-14/h2-9,11H,10H2,1H3,(H,21,24)(H,22,23,25). The van der Waals surface area contributed by atoms with E-state index in [2.05, 4.69) is 38.2 Å². The van der Waals surface area contributed by atoms with E-state index in [4.69, 9.17) is 0 Å². The summed E-state index contributed by atoms with van der Waals surface area (Å²) in [5.41, 5.74) is 3.45. The molecular formula is C19H16IN3O2S. The minimum absolute atomic E-state index is 0.122. The Morgan fingerprint density at radius 2 is 1.73 bits per heavy atom. The summed E-state index contributed by atoms with van der Waals surface area (Å²) in [7, 11) is 0. The molecule has 1 aromatic heterocycles. The molecule has 3 aromatic rings. The Balaban J connectivity index is 1.60. The van der Waals surface area contributed by atoms with Crippen molar-refractivity contribution in [1.82, 2.24) is 4.98 Å². The summed E-state index contributed by atoms with van der Waals surface area (Å²) < 4.78 is 1.17. The molecule has 2 aromatic carbocycles. The van der Waals surface area contributed by atoms with Crippen molar-refractivity contribution in [2.24, 2.45) is 0 Å². The summed E-state index contributed by atoms with van der Waals surface area (Å²) in [4.78, 5) is 27.7. The molecule has 26 heavy (non-hydrogen) atoms. The minimum atomic E-state index is -0.124. The van der Waals surface area contributed by atoms with E-state index in [0.717, 1.165) is 16.8 Å². The van der Waals surface area contributed by atoms with Crippen LogP contribution in [0, 0.1) is 3.57 Å². The van der Waals surface area contributed by atoms with Crippen LogP contribution in [0.4, 0.5) is 10.8 Å². The van der Waals surface area contributed by atoms with Crippen LogP contribution in [0.25, 0.3) is 11.3 Å². The first kappa shape index (κ1) is 18.5. The molecule has 132 valence electrons. The van der Waals surface area contributed by atoms with Crippen molar-refractivity contribution in [3.8, 4) is 11.3 Å². The van der Waals surface area contributed by atoms with Crippen molar-refractivity contribution in [2.75, 3.05) is 10.6 Å². The molecule has 0 aliphatic carbocycles. The van der Waals surface area contributed by atoms with E-state index in [-0.39, 0.29) is 18.2 Å². The number of thiazole rings is 1. The maximum Gasteiger partial charge on any atom is 0.230 e. The van der Waals surface area contributed by atoms with Crippen LogP contribution in [0.3, 0.4) is 0 Å². The highest BCUT2D eigenvalue weighted by molar-refractivity contribution is 14.1. The van der Waals surface area contributed by atoms with E-state index in [9.17, 15) is 9.59 Å². The number of amides is 2. The van der Waals surface area contributed by atoms with Gasteiger partial charge in [0.05, 0.1) is 12.1 Å². The largest absolute Gasteiger partial charge is 0.326 e. The molecular weight excluding hydrogens is 461 g/mol. The van der Waals surface area contributed by atoms with Gasteiger partial charge in [-0.15, -0.1) is 11.3 Å². The van der Waals surface area contributed by atoms with Gasteiger partial charge in [-0.2, -0.15) is 0 Å². The van der Waals surface area contributed by atoms with Crippen molar-refractivity contribution < 1.29 is 9.59 Å². The third-order valence-electron chi connectivity index (χ3n) is 3.53. The van der Waals surface area contributed by atoms with Gasteiger partial charge in [0.15, 0.2) is 5.13 Å². The number of nitrogens with zero attached hydrogens (tertiary/aromatic N) is 1. The number of carbonyl (C=O) groups is 2. The lowest BCUT2D eigenvalue weighted by molar-refractivity contribution is -0.116. The monoisotopic (exact) mass is 477 g/mol. The maximum atomic E-state index is 12.2. The number of hydrogen-bond donors (Lipinski definition) is 2. The number of carbonyl (C=O) groups excluding carboxylic acids is 2. The van der Waals surface area contributed by atoms with Gasteiger partial charge < -0.3 is 10.6 Å². The van der Waals surface area contributed by atoms with Crippen molar-refractivity contribution >= 4 is 56.6 Å². The summed E-state index contributed by atoms with van der Waals surface area (Å²) in [5.74, 6) is -0.246. The van der Waals surface area contributed by atoms with Gasteiger partial charge in [0.2, 0.25) is 11.8 Å². The molecule has 0 saturated carbocycles. The molecule has 5 nitrogen and oxygen atoms in total. The van der Waals surface area contributed by atoms with Crippen LogP contribution in [0.5, 0.6) is 0 Å². The van der Waals surface area contributed by atoms with E-state index in [1.54, 1.807) is 12.1 Å². The van der Waals surface area contributed by atoms with Crippen molar-refractivity contribution in [1.29, 1.82) is 0 Å². The summed E-state index contributed by atoms with van der Waals surface area (Å²) in [6.45, 7) is 1.46. The molecule has 2 amide bonds. The smallest absolute Gasteiger partial charge is 0.230 e. The van der Waals surface area contributed by atoms with Crippen LogP contribution < -0.4 is 10.6 Å². The third kappa shape index (κ3) is 5.12. The molecule has 0 spiro atoms. The second-order valence-electron chi connectivity index (χ2n) is 5.65. The zero-order valence-corrected chi connectivity index (χ0v) is 16.9. The molecule has 7 heteroatoms. The summed E-state index contributed by atoms with van der Waals surface area (Å²) in [6, 6.07) is 15.3. The summed E-state index contributed by atoms with van der Waals surface area (Å²) >= 11 is 3.66. The Hall–Kier alpha value is -2.26. The first-order chi connectivity index (χ1) is 12.5. The molecule has 0 radical (unpaired) electrons. The number of halogens is 1. The number of rotatable bonds is 5. The highest BCUT2D eigenvalue weighted by Crippen LogP contribution is 2.25. The molecule has 0 fully saturated rings. The molecule has 0 atom stereocenters. The molecule has 1 heterocycles. The lowest BCUT2D eigenvalue weighted by Gasteiger charge is -2.05. The van der Waals surface area contributed by atoms with Crippen LogP contribution in [0.15, 0.2) is 53.9 Å². The number of nitrogens with one attached hydrogen (secondary N) is 2. The van der Waals surface area contributed by atoms with Crippen molar-refractivity contribution in [3.05, 3.63) is 63.0 Å². The summed E-state index contributed by atoms with van der Waals surface area (Å²) in [6.07, 6.45) is 0.249. The maximum absolute atomic E-state index is 12.2. The summed E-state index contributed by atoms with van der Waals surface area (Å²) in [5, 5.41) is 8.05. The zero-order valence-electron chi connectivity index (χ0n) is 14.0. The Morgan fingerprint density at radius 1 is 1.04 bits per heavy atom. The highest BCUT2D eigenvalue weighted by Gasteiger charge is 2.09. The Labute approximate surface area is 169 Å². The lowest BCUT2D eigenvalue weighted by atomic mass is 10.1. The van der Waals surface area contributed by atoms with Crippen LogP contribution >= 0.6 is 33.9 Å². The van der Waals surface area contributed by atoms with E-state index < -0.39 is 0 Å².